The maximum absolute atomic E-state index is 5.24. The molecule has 0 radical (unpaired) electrons. The Balaban J connectivity index is 2.05. The normalized spacial score (nSPS) is 12.9. The maximum atomic E-state index is 5.24. The van der Waals surface area contributed by atoms with Crippen molar-refractivity contribution in [3.8, 4) is 0 Å². The van der Waals surface area contributed by atoms with Crippen LogP contribution in [0.5, 0.6) is 0 Å². The Kier molecular flexibility index (Phi) is 6.59. The molecule has 3 nitrogen and oxygen atoms in total. The van der Waals surface area contributed by atoms with Crippen LogP contribution in [0.25, 0.3) is 0 Å². The van der Waals surface area contributed by atoms with Crippen molar-refractivity contribution in [3.63, 3.8) is 0 Å². The fourth-order valence-electron chi connectivity index (χ4n) is 1.33. The maximum Gasteiger partial charge on any atom is 0.0928 e. The van der Waals surface area contributed by atoms with Crippen LogP contribution in [0.4, 0.5) is 0 Å². The fourth-order valence-corrected chi connectivity index (χ4v) is 2.03. The quantitative estimate of drug-likeness (QED) is 0.686. The molecule has 0 saturated carbocycles. The molecule has 1 heterocycles. The van der Waals surface area contributed by atoms with Gasteiger partial charge in [0.05, 0.1) is 12.7 Å². The van der Waals surface area contributed by atoms with E-state index in [1.54, 1.807) is 25.6 Å². The molecule has 0 aliphatic heterocycles. The summed E-state index contributed by atoms with van der Waals surface area (Å²) in [5.74, 6) is 0. The van der Waals surface area contributed by atoms with Gasteiger partial charge in [0.25, 0.3) is 0 Å². The van der Waals surface area contributed by atoms with Crippen molar-refractivity contribution < 1.29 is 9.47 Å². The van der Waals surface area contributed by atoms with Gasteiger partial charge < -0.3 is 14.8 Å². The topological polar surface area (TPSA) is 30.5 Å². The highest BCUT2D eigenvalue weighted by atomic mass is 32.1. The lowest BCUT2D eigenvalue weighted by Crippen LogP contribution is -2.32. The summed E-state index contributed by atoms with van der Waals surface area (Å²) in [6.07, 6.45) is 1.24. The van der Waals surface area contributed by atoms with Gasteiger partial charge in [-0.05, 0) is 17.9 Å². The molecular formula is C11H19NO2S. The minimum Gasteiger partial charge on any atom is -0.382 e. The molecule has 0 aromatic carbocycles. The van der Waals surface area contributed by atoms with E-state index in [0.29, 0.717) is 6.61 Å². The molecule has 0 bridgehead atoms. The van der Waals surface area contributed by atoms with Gasteiger partial charge in [-0.2, -0.15) is 0 Å². The number of hydrogen-bond donors (Lipinski definition) is 1. The predicted octanol–water partition coefficient (Wildman–Crippen LogP) is 1.54. The standard InChI is InChI=1S/C11H19NO2S/c1-13-9-10(14-2)8-12-6-5-11-4-3-7-15-11/h3-4,7,10,12H,5-6,8-9H2,1-2H3. The number of rotatable bonds is 8. The van der Waals surface area contributed by atoms with Gasteiger partial charge in [0.15, 0.2) is 0 Å². The van der Waals surface area contributed by atoms with Gasteiger partial charge in [-0.15, -0.1) is 11.3 Å². The van der Waals surface area contributed by atoms with Crippen molar-refractivity contribution in [1.82, 2.24) is 5.32 Å². The van der Waals surface area contributed by atoms with Gasteiger partial charge in [-0.1, -0.05) is 6.07 Å². The van der Waals surface area contributed by atoms with E-state index in [1.807, 2.05) is 0 Å². The Hall–Kier alpha value is -0.420. The second-order valence-corrected chi connectivity index (χ2v) is 4.38. The zero-order valence-corrected chi connectivity index (χ0v) is 10.2. The first kappa shape index (κ1) is 12.6. The van der Waals surface area contributed by atoms with Crippen LogP contribution in [0.3, 0.4) is 0 Å². The molecule has 4 heteroatoms. The van der Waals surface area contributed by atoms with Gasteiger partial charge in [-0.3, -0.25) is 0 Å². The smallest absolute Gasteiger partial charge is 0.0928 e. The lowest BCUT2D eigenvalue weighted by molar-refractivity contribution is 0.0291. The average molecular weight is 229 g/mol. The summed E-state index contributed by atoms with van der Waals surface area (Å²) in [7, 11) is 3.41. The summed E-state index contributed by atoms with van der Waals surface area (Å²) >= 11 is 1.80. The molecule has 15 heavy (non-hydrogen) atoms. The number of hydrogen-bond acceptors (Lipinski definition) is 4. The van der Waals surface area contributed by atoms with Gasteiger partial charge in [0, 0.05) is 32.2 Å². The second-order valence-electron chi connectivity index (χ2n) is 3.35. The van der Waals surface area contributed by atoms with E-state index < -0.39 is 0 Å². The second kappa shape index (κ2) is 7.82. The average Bonchev–Trinajstić information content (AvgIpc) is 2.75. The van der Waals surface area contributed by atoms with E-state index in [2.05, 4.69) is 22.8 Å². The van der Waals surface area contributed by atoms with Crippen LogP contribution < -0.4 is 5.32 Å². The third-order valence-electron chi connectivity index (χ3n) is 2.19. The Morgan fingerprint density at radius 2 is 2.33 bits per heavy atom. The van der Waals surface area contributed by atoms with Crippen molar-refractivity contribution >= 4 is 11.3 Å². The minimum atomic E-state index is 0.151. The van der Waals surface area contributed by atoms with Gasteiger partial charge in [-0.25, -0.2) is 0 Å². The highest BCUT2D eigenvalue weighted by Crippen LogP contribution is 2.07. The van der Waals surface area contributed by atoms with E-state index in [4.69, 9.17) is 9.47 Å². The van der Waals surface area contributed by atoms with E-state index in [9.17, 15) is 0 Å². The van der Waals surface area contributed by atoms with Crippen LogP contribution in [0, 0.1) is 0 Å². The highest BCUT2D eigenvalue weighted by molar-refractivity contribution is 7.09. The first-order valence-corrected chi connectivity index (χ1v) is 5.99. The molecular weight excluding hydrogens is 210 g/mol. The number of thiophene rings is 1. The van der Waals surface area contributed by atoms with Crippen LogP contribution >= 0.6 is 11.3 Å². The summed E-state index contributed by atoms with van der Waals surface area (Å²) in [6, 6.07) is 4.25. The zero-order chi connectivity index (χ0) is 10.9. The van der Waals surface area contributed by atoms with E-state index in [-0.39, 0.29) is 6.10 Å². The summed E-state index contributed by atoms with van der Waals surface area (Å²) in [6.45, 7) is 2.47. The van der Waals surface area contributed by atoms with Crippen LogP contribution in [0.15, 0.2) is 17.5 Å². The lowest BCUT2D eigenvalue weighted by atomic mass is 10.3. The largest absolute Gasteiger partial charge is 0.382 e. The molecule has 0 spiro atoms. The Morgan fingerprint density at radius 1 is 1.47 bits per heavy atom. The first-order chi connectivity index (χ1) is 7.36. The van der Waals surface area contributed by atoms with E-state index in [1.165, 1.54) is 4.88 Å². The molecule has 1 aromatic heterocycles. The minimum absolute atomic E-state index is 0.151. The molecule has 1 atom stereocenters. The summed E-state index contributed by atoms with van der Waals surface area (Å²) < 4.78 is 10.3. The molecule has 1 rings (SSSR count). The zero-order valence-electron chi connectivity index (χ0n) is 9.36. The molecule has 0 saturated heterocycles. The molecule has 1 aromatic rings. The van der Waals surface area contributed by atoms with Crippen molar-refractivity contribution in [2.45, 2.75) is 12.5 Å². The summed E-state index contributed by atoms with van der Waals surface area (Å²) in [4.78, 5) is 1.42. The molecule has 1 N–H and O–H groups in total. The molecule has 86 valence electrons. The number of nitrogens with one attached hydrogen (secondary N) is 1. The van der Waals surface area contributed by atoms with Gasteiger partial charge in [0.2, 0.25) is 0 Å². The third kappa shape index (κ3) is 5.28. The van der Waals surface area contributed by atoms with Crippen LogP contribution in [-0.2, 0) is 15.9 Å². The molecule has 0 aliphatic carbocycles. The van der Waals surface area contributed by atoms with Crippen molar-refractivity contribution in [1.29, 1.82) is 0 Å². The van der Waals surface area contributed by atoms with Gasteiger partial charge in [0.1, 0.15) is 0 Å². The molecule has 0 fully saturated rings. The third-order valence-corrected chi connectivity index (χ3v) is 3.12. The Morgan fingerprint density at radius 3 is 2.93 bits per heavy atom. The van der Waals surface area contributed by atoms with Crippen molar-refractivity contribution in [2.24, 2.45) is 0 Å². The monoisotopic (exact) mass is 229 g/mol. The molecule has 0 aliphatic rings. The van der Waals surface area contributed by atoms with Crippen LogP contribution in [0.2, 0.25) is 0 Å². The fraction of sp³-hybridized carbons (Fsp3) is 0.636. The molecule has 1 unspecified atom stereocenters. The SMILES string of the molecule is COCC(CNCCc1cccs1)OC. The number of ether oxygens (including phenoxy) is 2. The van der Waals surface area contributed by atoms with Crippen LogP contribution in [0.1, 0.15) is 4.88 Å². The van der Waals surface area contributed by atoms with E-state index >= 15 is 0 Å². The lowest BCUT2D eigenvalue weighted by Gasteiger charge is -2.14. The van der Waals surface area contributed by atoms with Crippen molar-refractivity contribution in [2.75, 3.05) is 33.9 Å². The predicted molar refractivity (Wildman–Crippen MR) is 63.6 cm³/mol. The Labute approximate surface area is 95.4 Å². The molecule has 0 amide bonds. The summed E-state index contributed by atoms with van der Waals surface area (Å²) in [5, 5.41) is 5.47. The van der Waals surface area contributed by atoms with Crippen molar-refractivity contribution in [3.05, 3.63) is 22.4 Å². The Bertz CT molecular complexity index is 239. The highest BCUT2D eigenvalue weighted by Gasteiger charge is 2.05. The number of methoxy groups -OCH3 is 2. The first-order valence-electron chi connectivity index (χ1n) is 5.11. The van der Waals surface area contributed by atoms with Crippen LogP contribution in [-0.4, -0.2) is 40.0 Å². The summed E-state index contributed by atoms with van der Waals surface area (Å²) in [5.41, 5.74) is 0. The van der Waals surface area contributed by atoms with Gasteiger partial charge >= 0.3 is 0 Å². The van der Waals surface area contributed by atoms with E-state index in [0.717, 1.165) is 19.5 Å².